The smallest absolute Gasteiger partial charge is 0.239 e. The highest BCUT2D eigenvalue weighted by atomic mass is 16.3. The normalized spacial score (nSPS) is 19.2. The van der Waals surface area contributed by atoms with E-state index in [1.54, 1.807) is 0 Å². The Bertz CT molecular complexity index is 309. The Morgan fingerprint density at radius 1 is 1.47 bits per heavy atom. The minimum atomic E-state index is -0.0704. The molecule has 0 bridgehead atoms. The van der Waals surface area contributed by atoms with E-state index in [1.807, 2.05) is 25.7 Å². The van der Waals surface area contributed by atoms with Gasteiger partial charge >= 0.3 is 0 Å². The summed E-state index contributed by atoms with van der Waals surface area (Å²) < 4.78 is 0. The van der Waals surface area contributed by atoms with Crippen LogP contribution in [-0.4, -0.2) is 59.6 Å². The van der Waals surface area contributed by atoms with Gasteiger partial charge in [-0.3, -0.25) is 9.69 Å². The van der Waals surface area contributed by atoms with Crippen molar-refractivity contribution < 1.29 is 9.90 Å². The van der Waals surface area contributed by atoms with E-state index in [-0.39, 0.29) is 18.6 Å². The number of rotatable bonds is 6. The Balaban J connectivity index is 2.54. The minimum absolute atomic E-state index is 0.0704. The van der Waals surface area contributed by atoms with Crippen molar-refractivity contribution in [1.29, 1.82) is 0 Å². The third-order valence-corrected chi connectivity index (χ3v) is 3.97. The molecule has 1 aliphatic rings. The number of carbonyl (C=O) groups excluding carboxylic acids is 1. The summed E-state index contributed by atoms with van der Waals surface area (Å²) in [5.41, 5.74) is 1.02. The Kier molecular flexibility index (Phi) is 6.52. The Morgan fingerprint density at radius 3 is 2.47 bits per heavy atom. The molecule has 1 atom stereocenters. The molecule has 1 heterocycles. The van der Waals surface area contributed by atoms with Gasteiger partial charge in [0, 0.05) is 19.7 Å². The van der Waals surface area contributed by atoms with Crippen LogP contribution in [0, 0.1) is 5.92 Å². The van der Waals surface area contributed by atoms with Crippen molar-refractivity contribution >= 4 is 5.91 Å². The van der Waals surface area contributed by atoms with E-state index >= 15 is 0 Å². The van der Waals surface area contributed by atoms with Crippen molar-refractivity contribution in [2.75, 3.05) is 32.8 Å². The molecule has 0 aliphatic carbocycles. The number of amides is 1. The number of piperidine rings is 1. The van der Waals surface area contributed by atoms with Crippen LogP contribution in [0.1, 0.15) is 33.6 Å². The summed E-state index contributed by atoms with van der Waals surface area (Å²) >= 11 is 0. The molecule has 1 rings (SSSR count). The van der Waals surface area contributed by atoms with Crippen molar-refractivity contribution in [3.8, 4) is 0 Å². The lowest BCUT2D eigenvalue weighted by atomic mass is 9.96. The van der Waals surface area contributed by atoms with Crippen LogP contribution in [0.15, 0.2) is 12.2 Å². The van der Waals surface area contributed by atoms with Crippen LogP contribution in [0.2, 0.25) is 0 Å². The Labute approximate surface area is 117 Å². The van der Waals surface area contributed by atoms with Gasteiger partial charge in [0.2, 0.25) is 5.91 Å². The zero-order valence-corrected chi connectivity index (χ0v) is 12.6. The maximum atomic E-state index is 12.5. The molecule has 4 heteroatoms. The molecular formula is C15H28N2O2. The number of carbonyl (C=O) groups is 1. The van der Waals surface area contributed by atoms with E-state index in [2.05, 4.69) is 11.5 Å². The van der Waals surface area contributed by atoms with Crippen molar-refractivity contribution in [3.05, 3.63) is 12.2 Å². The van der Waals surface area contributed by atoms with Crippen molar-refractivity contribution in [2.24, 2.45) is 5.92 Å². The van der Waals surface area contributed by atoms with Gasteiger partial charge in [0.05, 0.1) is 6.04 Å². The molecule has 19 heavy (non-hydrogen) atoms. The van der Waals surface area contributed by atoms with E-state index in [9.17, 15) is 4.79 Å². The highest BCUT2D eigenvalue weighted by molar-refractivity contribution is 5.81. The highest BCUT2D eigenvalue weighted by Gasteiger charge is 2.28. The number of hydrogen-bond acceptors (Lipinski definition) is 3. The quantitative estimate of drug-likeness (QED) is 0.743. The second-order valence-corrected chi connectivity index (χ2v) is 5.65. The monoisotopic (exact) mass is 268 g/mol. The fourth-order valence-electron chi connectivity index (χ4n) is 2.61. The van der Waals surface area contributed by atoms with E-state index in [4.69, 9.17) is 5.11 Å². The predicted octanol–water partition coefficient (Wildman–Crippen LogP) is 1.50. The molecule has 1 saturated heterocycles. The van der Waals surface area contributed by atoms with Crippen LogP contribution in [0.5, 0.6) is 0 Å². The lowest BCUT2D eigenvalue weighted by molar-refractivity contribution is -0.136. The van der Waals surface area contributed by atoms with E-state index in [0.29, 0.717) is 12.5 Å². The topological polar surface area (TPSA) is 43.8 Å². The summed E-state index contributed by atoms with van der Waals surface area (Å²) in [5.74, 6) is 0.601. The lowest BCUT2D eigenvalue weighted by Gasteiger charge is -2.36. The van der Waals surface area contributed by atoms with Gasteiger partial charge in [-0.2, -0.15) is 0 Å². The van der Waals surface area contributed by atoms with E-state index < -0.39 is 0 Å². The summed E-state index contributed by atoms with van der Waals surface area (Å²) in [6.45, 7) is 13.3. The molecule has 0 aromatic carbocycles. The minimum Gasteiger partial charge on any atom is -0.396 e. The lowest BCUT2D eigenvalue weighted by Crippen LogP contribution is -2.50. The van der Waals surface area contributed by atoms with Crippen molar-refractivity contribution in [1.82, 2.24) is 9.80 Å². The first-order valence-electron chi connectivity index (χ1n) is 7.27. The maximum absolute atomic E-state index is 12.5. The van der Waals surface area contributed by atoms with Gasteiger partial charge in [0.1, 0.15) is 0 Å². The number of likely N-dealkylation sites (tertiary alicyclic amines) is 1. The summed E-state index contributed by atoms with van der Waals surface area (Å²) in [6.07, 6.45) is 1.97. The first-order chi connectivity index (χ1) is 8.99. The fourth-order valence-corrected chi connectivity index (χ4v) is 2.61. The first-order valence-corrected chi connectivity index (χ1v) is 7.27. The summed E-state index contributed by atoms with van der Waals surface area (Å²) in [7, 11) is 0. The number of aliphatic hydroxyl groups excluding tert-OH is 1. The van der Waals surface area contributed by atoms with Crippen LogP contribution in [-0.2, 0) is 4.79 Å². The van der Waals surface area contributed by atoms with Gasteiger partial charge in [0.15, 0.2) is 0 Å². The molecule has 1 unspecified atom stereocenters. The average molecular weight is 268 g/mol. The second kappa shape index (κ2) is 7.65. The highest BCUT2D eigenvalue weighted by Crippen LogP contribution is 2.19. The molecule has 0 radical (unpaired) electrons. The molecule has 0 spiro atoms. The predicted molar refractivity (Wildman–Crippen MR) is 77.9 cm³/mol. The number of hydrogen-bond donors (Lipinski definition) is 1. The van der Waals surface area contributed by atoms with Crippen LogP contribution in [0.3, 0.4) is 0 Å². The van der Waals surface area contributed by atoms with Gasteiger partial charge in [-0.25, -0.2) is 0 Å². The van der Waals surface area contributed by atoms with Gasteiger partial charge in [-0.1, -0.05) is 12.2 Å². The molecule has 1 N–H and O–H groups in total. The number of nitrogens with zero attached hydrogens (tertiary/aromatic N) is 2. The Morgan fingerprint density at radius 2 is 2.05 bits per heavy atom. The summed E-state index contributed by atoms with van der Waals surface area (Å²) in [5, 5.41) is 9.15. The van der Waals surface area contributed by atoms with Crippen LogP contribution >= 0.6 is 0 Å². The zero-order valence-electron chi connectivity index (χ0n) is 12.6. The molecule has 1 aliphatic heterocycles. The van der Waals surface area contributed by atoms with Crippen LogP contribution < -0.4 is 0 Å². The maximum Gasteiger partial charge on any atom is 0.239 e. The molecule has 0 aromatic heterocycles. The summed E-state index contributed by atoms with van der Waals surface area (Å²) in [4.78, 5) is 16.6. The molecule has 0 aromatic rings. The third kappa shape index (κ3) is 4.62. The number of likely N-dealkylation sites (N-methyl/N-ethyl adjacent to an activating group) is 1. The van der Waals surface area contributed by atoms with E-state index in [1.165, 1.54) is 0 Å². The molecule has 1 amide bonds. The first kappa shape index (κ1) is 16.2. The molecule has 0 saturated carbocycles. The zero-order chi connectivity index (χ0) is 14.4. The van der Waals surface area contributed by atoms with Crippen LogP contribution in [0.4, 0.5) is 0 Å². The van der Waals surface area contributed by atoms with Crippen molar-refractivity contribution in [2.45, 2.75) is 39.7 Å². The van der Waals surface area contributed by atoms with Gasteiger partial charge in [0.25, 0.3) is 0 Å². The van der Waals surface area contributed by atoms with Gasteiger partial charge < -0.3 is 10.0 Å². The van der Waals surface area contributed by atoms with Gasteiger partial charge in [-0.15, -0.1) is 0 Å². The largest absolute Gasteiger partial charge is 0.396 e. The molecule has 110 valence electrons. The SMILES string of the molecule is C=C(C)CN(CC)C(=O)C(C)N1CCC(CO)CC1. The second-order valence-electron chi connectivity index (χ2n) is 5.65. The van der Waals surface area contributed by atoms with Gasteiger partial charge in [-0.05, 0) is 52.6 Å². The standard InChI is InChI=1S/C15H28N2O2/c1-5-16(10-12(2)3)15(19)13(4)17-8-6-14(11-18)7-9-17/h13-14,18H,2,5-11H2,1,3-4H3. The molecule has 4 nitrogen and oxygen atoms in total. The number of aliphatic hydroxyl groups is 1. The van der Waals surface area contributed by atoms with Crippen molar-refractivity contribution in [3.63, 3.8) is 0 Å². The molecular weight excluding hydrogens is 240 g/mol. The fraction of sp³-hybridized carbons (Fsp3) is 0.800. The van der Waals surface area contributed by atoms with E-state index in [0.717, 1.165) is 38.0 Å². The van der Waals surface area contributed by atoms with Crippen LogP contribution in [0.25, 0.3) is 0 Å². The molecule has 1 fully saturated rings. The average Bonchev–Trinajstić information content (AvgIpc) is 2.43. The third-order valence-electron chi connectivity index (χ3n) is 3.97. The Hall–Kier alpha value is -0.870. The summed E-state index contributed by atoms with van der Waals surface area (Å²) in [6, 6.07) is -0.0704.